The summed E-state index contributed by atoms with van der Waals surface area (Å²) in [5.74, 6) is 1.52. The quantitative estimate of drug-likeness (QED) is 0.272. The number of ether oxygens (including phenoxy) is 1. The van der Waals surface area contributed by atoms with Gasteiger partial charge in [0.15, 0.2) is 12.6 Å². The van der Waals surface area contributed by atoms with Crippen molar-refractivity contribution >= 4 is 41.5 Å². The summed E-state index contributed by atoms with van der Waals surface area (Å²) in [7, 11) is 1.76. The number of aryl methyl sites for hydroxylation is 2. The van der Waals surface area contributed by atoms with Crippen molar-refractivity contribution < 1.29 is 9.53 Å². The highest BCUT2D eigenvalue weighted by atomic mass is 127. The molecule has 2 aromatic rings. The van der Waals surface area contributed by atoms with Crippen molar-refractivity contribution in [2.24, 2.45) is 4.99 Å². The molecular weight excluding hydrogens is 479 g/mol. The number of rotatable bonds is 6. The largest absolute Gasteiger partial charge is 0.482 e. The minimum absolute atomic E-state index is 0. The first-order valence-corrected chi connectivity index (χ1v) is 9.61. The molecule has 2 N–H and O–H groups in total. The molecule has 1 amide bonds. The molecule has 0 aliphatic carbocycles. The maximum absolute atomic E-state index is 12.2. The lowest BCUT2D eigenvalue weighted by Crippen LogP contribution is -2.42. The van der Waals surface area contributed by atoms with Gasteiger partial charge in [0.1, 0.15) is 5.75 Å². The van der Waals surface area contributed by atoms with Crippen molar-refractivity contribution in [3.8, 4) is 5.75 Å². The molecule has 6 nitrogen and oxygen atoms in total. The molecule has 0 radical (unpaired) electrons. The fourth-order valence-corrected chi connectivity index (χ4v) is 3.29. The number of hydrogen-bond acceptors (Lipinski definition) is 3. The average Bonchev–Trinajstić information content (AvgIpc) is 2.70. The maximum atomic E-state index is 12.2. The van der Waals surface area contributed by atoms with Crippen LogP contribution in [-0.2, 0) is 11.3 Å². The molecular formula is C22H29IN4O2. The number of carbonyl (C=O) groups excluding carboxylic acids is 1. The van der Waals surface area contributed by atoms with Gasteiger partial charge < -0.3 is 20.3 Å². The van der Waals surface area contributed by atoms with Crippen molar-refractivity contribution in [2.75, 3.05) is 31.6 Å². The number of nitrogens with zero attached hydrogens (tertiary/aromatic N) is 2. The lowest BCUT2D eigenvalue weighted by atomic mass is 10.1. The van der Waals surface area contributed by atoms with E-state index in [1.54, 1.807) is 11.9 Å². The standard InChI is InChI=1S/C22H28N4O2.HI/c1-16-9-10-18(17(2)13-16)14-25-22(23-3)24-11-6-12-26-19-7-4-5-8-20(19)28-15-21(26)27;/h4-5,7-10,13H,6,11-12,14-15H2,1-3H3,(H2,23,24,25);1H. The van der Waals surface area contributed by atoms with Crippen LogP contribution in [-0.4, -0.2) is 38.6 Å². The van der Waals surface area contributed by atoms with E-state index in [1.165, 1.54) is 16.7 Å². The van der Waals surface area contributed by atoms with Crippen LogP contribution in [0, 0.1) is 13.8 Å². The molecule has 0 fully saturated rings. The zero-order chi connectivity index (χ0) is 19.9. The van der Waals surface area contributed by atoms with Gasteiger partial charge in [-0.3, -0.25) is 9.79 Å². The van der Waals surface area contributed by atoms with Crippen molar-refractivity contribution in [1.29, 1.82) is 0 Å². The van der Waals surface area contributed by atoms with E-state index >= 15 is 0 Å². The highest BCUT2D eigenvalue weighted by Gasteiger charge is 2.24. The van der Waals surface area contributed by atoms with Gasteiger partial charge in [0.25, 0.3) is 5.91 Å². The Morgan fingerprint density at radius 1 is 1.17 bits per heavy atom. The van der Waals surface area contributed by atoms with Crippen LogP contribution in [0.1, 0.15) is 23.1 Å². The topological polar surface area (TPSA) is 66.0 Å². The van der Waals surface area contributed by atoms with Crippen molar-refractivity contribution in [3.63, 3.8) is 0 Å². The van der Waals surface area contributed by atoms with Gasteiger partial charge in [0.05, 0.1) is 5.69 Å². The molecule has 1 heterocycles. The Morgan fingerprint density at radius 2 is 1.97 bits per heavy atom. The Balaban J connectivity index is 0.00000300. The third-order valence-electron chi connectivity index (χ3n) is 4.83. The Bertz CT molecular complexity index is 870. The third-order valence-corrected chi connectivity index (χ3v) is 4.83. The van der Waals surface area contributed by atoms with Crippen LogP contribution < -0.4 is 20.3 Å². The summed E-state index contributed by atoms with van der Waals surface area (Å²) in [4.78, 5) is 18.3. The number of guanidine groups is 1. The minimum atomic E-state index is -0.00365. The molecule has 29 heavy (non-hydrogen) atoms. The van der Waals surface area contributed by atoms with Crippen molar-refractivity contribution in [1.82, 2.24) is 10.6 Å². The van der Waals surface area contributed by atoms with E-state index in [9.17, 15) is 4.79 Å². The number of aliphatic imine (C=N–C) groups is 1. The van der Waals surface area contributed by atoms with Crippen LogP contribution in [0.2, 0.25) is 0 Å². The zero-order valence-electron chi connectivity index (χ0n) is 17.2. The fourth-order valence-electron chi connectivity index (χ4n) is 3.29. The van der Waals surface area contributed by atoms with E-state index in [0.717, 1.165) is 36.9 Å². The number of benzene rings is 2. The fraction of sp³-hybridized carbons (Fsp3) is 0.364. The van der Waals surface area contributed by atoms with Gasteiger partial charge in [-0.05, 0) is 43.5 Å². The average molecular weight is 508 g/mol. The van der Waals surface area contributed by atoms with E-state index in [1.807, 2.05) is 24.3 Å². The highest BCUT2D eigenvalue weighted by Crippen LogP contribution is 2.31. The van der Waals surface area contributed by atoms with Gasteiger partial charge >= 0.3 is 0 Å². The second-order valence-electron chi connectivity index (χ2n) is 6.94. The van der Waals surface area contributed by atoms with Gasteiger partial charge in [0, 0.05) is 26.7 Å². The lowest BCUT2D eigenvalue weighted by molar-refractivity contribution is -0.121. The number of anilines is 1. The Hall–Kier alpha value is -2.29. The van der Waals surface area contributed by atoms with E-state index < -0.39 is 0 Å². The number of fused-ring (bicyclic) bond motifs is 1. The van der Waals surface area contributed by atoms with E-state index in [2.05, 4.69) is 47.7 Å². The summed E-state index contributed by atoms with van der Waals surface area (Å²) >= 11 is 0. The SMILES string of the molecule is CN=C(NCCCN1C(=O)COc2ccccc21)NCc1ccc(C)cc1C.I. The van der Waals surface area contributed by atoms with E-state index in [0.29, 0.717) is 6.54 Å². The van der Waals surface area contributed by atoms with Gasteiger partial charge in [0.2, 0.25) is 0 Å². The molecule has 0 unspecified atom stereocenters. The molecule has 0 saturated heterocycles. The Kier molecular flexibility index (Phi) is 8.75. The molecule has 3 rings (SSSR count). The lowest BCUT2D eigenvalue weighted by Gasteiger charge is -2.29. The van der Waals surface area contributed by atoms with Gasteiger partial charge in [-0.15, -0.1) is 24.0 Å². The Morgan fingerprint density at radius 3 is 2.72 bits per heavy atom. The highest BCUT2D eigenvalue weighted by molar-refractivity contribution is 14.0. The predicted octanol–water partition coefficient (Wildman–Crippen LogP) is 3.40. The summed E-state index contributed by atoms with van der Waals surface area (Å²) in [5, 5.41) is 6.67. The summed E-state index contributed by atoms with van der Waals surface area (Å²) in [6.07, 6.45) is 0.810. The van der Waals surface area contributed by atoms with E-state index in [-0.39, 0.29) is 36.5 Å². The van der Waals surface area contributed by atoms with Gasteiger partial charge in [-0.25, -0.2) is 0 Å². The molecule has 0 atom stereocenters. The second kappa shape index (κ2) is 11.0. The molecule has 7 heteroatoms. The van der Waals surface area contributed by atoms with Gasteiger partial charge in [-0.1, -0.05) is 35.9 Å². The number of para-hydroxylation sites is 2. The zero-order valence-corrected chi connectivity index (χ0v) is 19.5. The maximum Gasteiger partial charge on any atom is 0.265 e. The van der Waals surface area contributed by atoms with Crippen molar-refractivity contribution in [2.45, 2.75) is 26.8 Å². The van der Waals surface area contributed by atoms with Crippen LogP contribution in [0.5, 0.6) is 5.75 Å². The number of carbonyl (C=O) groups is 1. The second-order valence-corrected chi connectivity index (χ2v) is 6.94. The molecule has 0 aromatic heterocycles. The summed E-state index contributed by atoms with van der Waals surface area (Å²) in [6.45, 7) is 6.41. The molecule has 0 bridgehead atoms. The first kappa shape index (κ1) is 23.0. The molecule has 0 spiro atoms. The molecule has 1 aliphatic heterocycles. The molecule has 0 saturated carbocycles. The smallest absolute Gasteiger partial charge is 0.265 e. The summed E-state index contributed by atoms with van der Waals surface area (Å²) < 4.78 is 5.48. The van der Waals surface area contributed by atoms with Crippen LogP contribution in [0.15, 0.2) is 47.5 Å². The Labute approximate surface area is 189 Å². The number of hydrogen-bond donors (Lipinski definition) is 2. The number of amides is 1. The molecule has 1 aliphatic rings. The van der Waals surface area contributed by atoms with Crippen LogP contribution in [0.25, 0.3) is 0 Å². The van der Waals surface area contributed by atoms with Gasteiger partial charge in [-0.2, -0.15) is 0 Å². The van der Waals surface area contributed by atoms with E-state index in [4.69, 9.17) is 4.74 Å². The van der Waals surface area contributed by atoms with Crippen molar-refractivity contribution in [3.05, 3.63) is 59.2 Å². The number of nitrogens with one attached hydrogen (secondary N) is 2. The predicted molar refractivity (Wildman–Crippen MR) is 128 cm³/mol. The summed E-state index contributed by atoms with van der Waals surface area (Å²) in [5.41, 5.74) is 4.63. The monoisotopic (exact) mass is 508 g/mol. The first-order chi connectivity index (χ1) is 13.6. The normalized spacial score (nSPS) is 13.3. The van der Waals surface area contributed by atoms with Crippen LogP contribution in [0.3, 0.4) is 0 Å². The first-order valence-electron chi connectivity index (χ1n) is 9.61. The van der Waals surface area contributed by atoms with Crippen LogP contribution >= 0.6 is 24.0 Å². The van der Waals surface area contributed by atoms with Crippen LogP contribution in [0.4, 0.5) is 5.69 Å². The molecule has 156 valence electrons. The molecule has 2 aromatic carbocycles. The number of halogens is 1. The minimum Gasteiger partial charge on any atom is -0.482 e. The summed E-state index contributed by atoms with van der Waals surface area (Å²) in [6, 6.07) is 14.1. The third kappa shape index (κ3) is 6.09.